The number of nitrogens with zero attached hydrogens (tertiary/aromatic N) is 3. The SMILES string of the molecule is O=C1NCCN(C(=O)c2ccc(Cn3cccn3)o2)[C@@H]1c1cccc(F)c1. The molecule has 2 aromatic heterocycles. The van der Waals surface area contributed by atoms with Crippen molar-refractivity contribution in [3.63, 3.8) is 0 Å². The summed E-state index contributed by atoms with van der Waals surface area (Å²) in [6.07, 6.45) is 3.45. The van der Waals surface area contributed by atoms with Crippen LogP contribution in [-0.4, -0.2) is 39.6 Å². The lowest BCUT2D eigenvalue weighted by atomic mass is 10.0. The number of amides is 2. The normalized spacial score (nSPS) is 17.0. The molecule has 3 heterocycles. The Morgan fingerprint density at radius 1 is 1.30 bits per heavy atom. The quantitative estimate of drug-likeness (QED) is 0.764. The number of furan rings is 1. The Morgan fingerprint density at radius 2 is 2.19 bits per heavy atom. The highest BCUT2D eigenvalue weighted by molar-refractivity contribution is 5.96. The largest absolute Gasteiger partial charge is 0.454 e. The van der Waals surface area contributed by atoms with Gasteiger partial charge in [-0.05, 0) is 35.9 Å². The second kappa shape index (κ2) is 7.06. The number of carbonyl (C=O) groups is 2. The van der Waals surface area contributed by atoms with Crippen LogP contribution in [0.15, 0.2) is 59.3 Å². The fourth-order valence-corrected chi connectivity index (χ4v) is 3.17. The minimum atomic E-state index is -0.901. The number of aromatic nitrogens is 2. The predicted octanol–water partition coefficient (Wildman–Crippen LogP) is 1.98. The van der Waals surface area contributed by atoms with Gasteiger partial charge in [0.2, 0.25) is 5.91 Å². The lowest BCUT2D eigenvalue weighted by Gasteiger charge is -2.34. The molecule has 0 saturated carbocycles. The van der Waals surface area contributed by atoms with E-state index in [4.69, 9.17) is 4.42 Å². The van der Waals surface area contributed by atoms with Crippen molar-refractivity contribution in [3.05, 3.63) is 77.8 Å². The van der Waals surface area contributed by atoms with Gasteiger partial charge in [0.25, 0.3) is 5.91 Å². The van der Waals surface area contributed by atoms with E-state index in [2.05, 4.69) is 10.4 Å². The second-order valence-electron chi connectivity index (χ2n) is 6.22. The smallest absolute Gasteiger partial charge is 0.290 e. The number of rotatable bonds is 4. The van der Waals surface area contributed by atoms with E-state index < -0.39 is 17.8 Å². The molecule has 0 spiro atoms. The van der Waals surface area contributed by atoms with E-state index in [9.17, 15) is 14.0 Å². The zero-order chi connectivity index (χ0) is 18.8. The monoisotopic (exact) mass is 368 g/mol. The van der Waals surface area contributed by atoms with Crippen LogP contribution in [0.3, 0.4) is 0 Å². The van der Waals surface area contributed by atoms with E-state index in [0.717, 1.165) is 0 Å². The van der Waals surface area contributed by atoms with Gasteiger partial charge in [-0.25, -0.2) is 4.39 Å². The van der Waals surface area contributed by atoms with Crippen LogP contribution in [0.25, 0.3) is 0 Å². The molecule has 0 aliphatic carbocycles. The summed E-state index contributed by atoms with van der Waals surface area (Å²) in [7, 11) is 0. The van der Waals surface area contributed by atoms with Crippen molar-refractivity contribution in [2.24, 2.45) is 0 Å². The van der Waals surface area contributed by atoms with Crippen molar-refractivity contribution in [3.8, 4) is 0 Å². The van der Waals surface area contributed by atoms with Crippen LogP contribution >= 0.6 is 0 Å². The second-order valence-corrected chi connectivity index (χ2v) is 6.22. The van der Waals surface area contributed by atoms with Crippen molar-refractivity contribution in [1.82, 2.24) is 20.0 Å². The van der Waals surface area contributed by atoms with Crippen LogP contribution in [0.4, 0.5) is 4.39 Å². The molecule has 1 atom stereocenters. The van der Waals surface area contributed by atoms with Gasteiger partial charge >= 0.3 is 0 Å². The summed E-state index contributed by atoms with van der Waals surface area (Å²) < 4.78 is 21.0. The molecule has 1 saturated heterocycles. The third-order valence-electron chi connectivity index (χ3n) is 4.39. The number of hydrogen-bond donors (Lipinski definition) is 1. The molecule has 4 rings (SSSR count). The van der Waals surface area contributed by atoms with Gasteiger partial charge in [-0.3, -0.25) is 14.3 Å². The fourth-order valence-electron chi connectivity index (χ4n) is 3.17. The van der Waals surface area contributed by atoms with Gasteiger partial charge in [0.15, 0.2) is 5.76 Å². The number of piperazine rings is 1. The first-order valence-corrected chi connectivity index (χ1v) is 8.52. The maximum Gasteiger partial charge on any atom is 0.290 e. The van der Waals surface area contributed by atoms with Crippen molar-refractivity contribution >= 4 is 11.8 Å². The first-order chi connectivity index (χ1) is 13.1. The van der Waals surface area contributed by atoms with E-state index in [1.807, 2.05) is 0 Å². The minimum Gasteiger partial charge on any atom is -0.454 e. The molecule has 1 aliphatic rings. The van der Waals surface area contributed by atoms with Gasteiger partial charge in [0, 0.05) is 25.5 Å². The van der Waals surface area contributed by atoms with Crippen molar-refractivity contribution in [2.45, 2.75) is 12.6 Å². The molecule has 27 heavy (non-hydrogen) atoms. The Morgan fingerprint density at radius 3 is 2.96 bits per heavy atom. The Labute approximate surface area is 154 Å². The predicted molar refractivity (Wildman–Crippen MR) is 93.2 cm³/mol. The summed E-state index contributed by atoms with van der Waals surface area (Å²) in [4.78, 5) is 26.8. The molecular formula is C19H17FN4O3. The highest BCUT2D eigenvalue weighted by atomic mass is 19.1. The zero-order valence-corrected chi connectivity index (χ0v) is 14.3. The molecule has 0 unspecified atom stereocenters. The molecule has 1 fully saturated rings. The zero-order valence-electron chi connectivity index (χ0n) is 14.3. The summed E-state index contributed by atoms with van der Waals surface area (Å²) in [6.45, 7) is 1.03. The Bertz CT molecular complexity index is 967. The lowest BCUT2D eigenvalue weighted by molar-refractivity contribution is -0.128. The molecular weight excluding hydrogens is 351 g/mol. The number of nitrogens with one attached hydrogen (secondary N) is 1. The number of benzene rings is 1. The molecule has 1 aliphatic heterocycles. The standard InChI is InChI=1S/C19H17FN4O3/c20-14-4-1-3-13(11-14)17-18(25)21-8-10-24(17)19(26)16-6-5-15(27-16)12-23-9-2-7-22-23/h1-7,9,11,17H,8,10,12H2,(H,21,25)/t17-/m1/s1. The van der Waals surface area contributed by atoms with Gasteiger partial charge in [-0.2, -0.15) is 5.10 Å². The van der Waals surface area contributed by atoms with E-state index in [-0.39, 0.29) is 11.7 Å². The average Bonchev–Trinajstić information content (AvgIpc) is 3.33. The van der Waals surface area contributed by atoms with Crippen LogP contribution in [0.5, 0.6) is 0 Å². The van der Waals surface area contributed by atoms with Crippen molar-refractivity contribution in [2.75, 3.05) is 13.1 Å². The highest BCUT2D eigenvalue weighted by Gasteiger charge is 2.36. The Balaban J connectivity index is 1.59. The summed E-state index contributed by atoms with van der Waals surface area (Å²) >= 11 is 0. The average molecular weight is 368 g/mol. The van der Waals surface area contributed by atoms with Gasteiger partial charge in [0.1, 0.15) is 17.6 Å². The molecule has 0 radical (unpaired) electrons. The van der Waals surface area contributed by atoms with Crippen LogP contribution in [0.2, 0.25) is 0 Å². The van der Waals surface area contributed by atoms with E-state index in [1.54, 1.807) is 41.3 Å². The van der Waals surface area contributed by atoms with Crippen molar-refractivity contribution in [1.29, 1.82) is 0 Å². The highest BCUT2D eigenvalue weighted by Crippen LogP contribution is 2.26. The summed E-state index contributed by atoms with van der Waals surface area (Å²) in [5.74, 6) is -0.508. The third-order valence-corrected chi connectivity index (χ3v) is 4.39. The summed E-state index contributed by atoms with van der Waals surface area (Å²) in [5, 5.41) is 6.82. The van der Waals surface area contributed by atoms with Gasteiger partial charge in [0.05, 0.1) is 6.54 Å². The molecule has 1 aromatic carbocycles. The fraction of sp³-hybridized carbons (Fsp3) is 0.211. The molecule has 3 aromatic rings. The Kier molecular flexibility index (Phi) is 4.45. The first kappa shape index (κ1) is 17.0. The van der Waals surface area contributed by atoms with E-state index in [0.29, 0.717) is 31.0 Å². The maximum atomic E-state index is 13.6. The third kappa shape index (κ3) is 3.46. The van der Waals surface area contributed by atoms with Crippen LogP contribution in [0, 0.1) is 5.82 Å². The molecule has 7 nitrogen and oxygen atoms in total. The van der Waals surface area contributed by atoms with E-state index in [1.165, 1.54) is 23.1 Å². The van der Waals surface area contributed by atoms with Crippen LogP contribution in [-0.2, 0) is 11.3 Å². The van der Waals surface area contributed by atoms with Crippen LogP contribution in [0.1, 0.15) is 27.9 Å². The van der Waals surface area contributed by atoms with Gasteiger partial charge in [-0.15, -0.1) is 0 Å². The van der Waals surface area contributed by atoms with Crippen molar-refractivity contribution < 1.29 is 18.4 Å². The number of hydrogen-bond acceptors (Lipinski definition) is 4. The summed E-state index contributed by atoms with van der Waals surface area (Å²) in [6, 6.07) is 9.89. The molecule has 0 bridgehead atoms. The Hall–Kier alpha value is -3.42. The molecule has 2 amide bonds. The maximum absolute atomic E-state index is 13.6. The summed E-state index contributed by atoms with van der Waals surface area (Å²) in [5.41, 5.74) is 0.420. The number of halogens is 1. The number of carbonyl (C=O) groups excluding carboxylic acids is 2. The van der Waals surface area contributed by atoms with Gasteiger partial charge in [-0.1, -0.05) is 12.1 Å². The molecule has 8 heteroatoms. The van der Waals surface area contributed by atoms with Gasteiger partial charge < -0.3 is 14.6 Å². The topological polar surface area (TPSA) is 80.4 Å². The van der Waals surface area contributed by atoms with E-state index >= 15 is 0 Å². The molecule has 138 valence electrons. The lowest BCUT2D eigenvalue weighted by Crippen LogP contribution is -2.52. The van der Waals surface area contributed by atoms with Crippen LogP contribution < -0.4 is 5.32 Å². The first-order valence-electron chi connectivity index (χ1n) is 8.52. The minimum absolute atomic E-state index is 0.133. The molecule has 1 N–H and O–H groups in total.